The summed E-state index contributed by atoms with van der Waals surface area (Å²) in [6.07, 6.45) is 0. The highest BCUT2D eigenvalue weighted by molar-refractivity contribution is 5.89. The van der Waals surface area contributed by atoms with Crippen LogP contribution in [0.1, 0.15) is 24.0 Å². The first-order chi connectivity index (χ1) is 12.5. The zero-order chi connectivity index (χ0) is 18.7. The predicted octanol–water partition coefficient (Wildman–Crippen LogP) is 4.59. The summed E-state index contributed by atoms with van der Waals surface area (Å²) in [5.74, 6) is -1.29. The fourth-order valence-corrected chi connectivity index (χ4v) is 3.43. The molecule has 2 atom stereocenters. The first-order valence-electron chi connectivity index (χ1n) is 8.28. The maximum Gasteiger partial charge on any atom is 0.324 e. The van der Waals surface area contributed by atoms with Gasteiger partial charge in [-0.05, 0) is 29.3 Å². The molecule has 0 aliphatic rings. The van der Waals surface area contributed by atoms with Crippen molar-refractivity contribution in [2.24, 2.45) is 5.41 Å². The maximum atomic E-state index is 12.1. The van der Waals surface area contributed by atoms with Crippen LogP contribution in [0.25, 0.3) is 10.8 Å². The lowest BCUT2D eigenvalue weighted by Gasteiger charge is -2.30. The summed E-state index contributed by atoms with van der Waals surface area (Å²) in [6, 6.07) is 22.8. The second kappa shape index (κ2) is 6.89. The van der Waals surface area contributed by atoms with Gasteiger partial charge in [0.1, 0.15) is 5.75 Å². The third kappa shape index (κ3) is 2.78. The minimum absolute atomic E-state index is 0.563. The van der Waals surface area contributed by atoms with Crippen LogP contribution >= 0.6 is 0 Å². The number of carboxylic acids is 1. The Hall–Kier alpha value is -3.32. The molecule has 26 heavy (non-hydrogen) atoms. The normalized spacial score (nSPS) is 14.2. The van der Waals surface area contributed by atoms with E-state index in [2.05, 4.69) is 0 Å². The van der Waals surface area contributed by atoms with E-state index in [1.165, 1.54) is 6.92 Å². The summed E-state index contributed by atoms with van der Waals surface area (Å²) < 4.78 is 5.48. The molecular weight excluding hydrogens is 326 g/mol. The molecule has 0 unspecified atom stereocenters. The first kappa shape index (κ1) is 17.5. The summed E-state index contributed by atoms with van der Waals surface area (Å²) in [6.45, 7) is 1.47. The van der Waals surface area contributed by atoms with Crippen LogP contribution in [0.5, 0.6) is 5.75 Å². The minimum Gasteiger partial charge on any atom is -0.496 e. The van der Waals surface area contributed by atoms with Gasteiger partial charge in [-0.1, -0.05) is 60.7 Å². The maximum absolute atomic E-state index is 12.1. The van der Waals surface area contributed by atoms with Gasteiger partial charge in [-0.3, -0.25) is 4.79 Å². The number of aliphatic carboxylic acids is 1. The fraction of sp³-hybridized carbons (Fsp3) is 0.182. The number of carboxylic acid groups (broad SMARTS) is 1. The summed E-state index contributed by atoms with van der Waals surface area (Å²) >= 11 is 0. The van der Waals surface area contributed by atoms with Crippen LogP contribution in [0, 0.1) is 16.7 Å². The van der Waals surface area contributed by atoms with E-state index >= 15 is 0 Å². The zero-order valence-electron chi connectivity index (χ0n) is 14.6. The minimum atomic E-state index is -1.65. The molecule has 0 radical (unpaired) electrons. The molecule has 0 aliphatic heterocycles. The molecule has 0 bridgehead atoms. The standard InChI is InChI=1S/C22H19NO3/c1-22(14-23,21(24)25)20(18-11-5-6-13-19(18)26-2)17-12-7-9-15-8-3-4-10-16(15)17/h3-13,20H,1-2H3,(H,24,25)/t20-,22-/m1/s1. The highest BCUT2D eigenvalue weighted by atomic mass is 16.5. The predicted molar refractivity (Wildman–Crippen MR) is 100 cm³/mol. The van der Waals surface area contributed by atoms with Crippen molar-refractivity contribution in [3.63, 3.8) is 0 Å². The quantitative estimate of drug-likeness (QED) is 0.734. The Morgan fingerprint density at radius 3 is 2.35 bits per heavy atom. The Labute approximate surface area is 152 Å². The van der Waals surface area contributed by atoms with Crippen LogP contribution in [-0.2, 0) is 4.79 Å². The summed E-state index contributed by atoms with van der Waals surface area (Å²) in [7, 11) is 1.55. The van der Waals surface area contributed by atoms with Crippen molar-refractivity contribution in [1.82, 2.24) is 0 Å². The average Bonchev–Trinajstić information content (AvgIpc) is 2.68. The molecule has 0 heterocycles. The van der Waals surface area contributed by atoms with Crippen LogP contribution in [-0.4, -0.2) is 18.2 Å². The number of fused-ring (bicyclic) bond motifs is 1. The average molecular weight is 345 g/mol. The largest absolute Gasteiger partial charge is 0.496 e. The molecule has 0 saturated carbocycles. The van der Waals surface area contributed by atoms with Crippen molar-refractivity contribution in [2.45, 2.75) is 12.8 Å². The number of nitrogens with zero attached hydrogens (tertiary/aromatic N) is 1. The van der Waals surface area contributed by atoms with E-state index < -0.39 is 17.3 Å². The number of para-hydroxylation sites is 1. The van der Waals surface area contributed by atoms with E-state index in [4.69, 9.17) is 4.74 Å². The van der Waals surface area contributed by atoms with Crippen molar-refractivity contribution >= 4 is 16.7 Å². The van der Waals surface area contributed by atoms with Gasteiger partial charge >= 0.3 is 5.97 Å². The highest BCUT2D eigenvalue weighted by Crippen LogP contribution is 2.46. The van der Waals surface area contributed by atoms with E-state index in [0.717, 1.165) is 16.3 Å². The Kier molecular flexibility index (Phi) is 4.64. The monoisotopic (exact) mass is 345 g/mol. The number of ether oxygens (including phenoxy) is 1. The SMILES string of the molecule is COc1ccccc1[C@@H](c1cccc2ccccc12)[C@@](C)(C#N)C(=O)O. The van der Waals surface area contributed by atoms with Gasteiger partial charge in [0.15, 0.2) is 5.41 Å². The summed E-state index contributed by atoms with van der Waals surface area (Å²) in [5.41, 5.74) is -0.185. The second-order valence-electron chi connectivity index (χ2n) is 6.36. The molecule has 0 amide bonds. The van der Waals surface area contributed by atoms with Gasteiger partial charge in [-0.2, -0.15) is 5.26 Å². The summed E-state index contributed by atoms with van der Waals surface area (Å²) in [4.78, 5) is 12.1. The van der Waals surface area contributed by atoms with Gasteiger partial charge in [0, 0.05) is 11.5 Å². The second-order valence-corrected chi connectivity index (χ2v) is 6.36. The lowest BCUT2D eigenvalue weighted by Crippen LogP contribution is -2.34. The van der Waals surface area contributed by atoms with Crippen LogP contribution in [0.4, 0.5) is 0 Å². The number of carbonyl (C=O) groups is 1. The Morgan fingerprint density at radius 2 is 1.65 bits per heavy atom. The molecule has 3 aromatic carbocycles. The molecule has 0 saturated heterocycles. The molecule has 0 aliphatic carbocycles. The van der Waals surface area contributed by atoms with Crippen molar-refractivity contribution in [2.75, 3.05) is 7.11 Å². The lowest BCUT2D eigenvalue weighted by atomic mass is 9.69. The molecule has 1 N–H and O–H groups in total. The van der Waals surface area contributed by atoms with Crippen molar-refractivity contribution in [3.05, 3.63) is 77.9 Å². The van der Waals surface area contributed by atoms with Gasteiger partial charge < -0.3 is 9.84 Å². The molecule has 130 valence electrons. The molecule has 0 aromatic heterocycles. The van der Waals surface area contributed by atoms with Crippen LogP contribution in [0.15, 0.2) is 66.7 Å². The number of rotatable bonds is 5. The third-order valence-electron chi connectivity index (χ3n) is 4.84. The Morgan fingerprint density at radius 1 is 1.04 bits per heavy atom. The molecule has 0 spiro atoms. The van der Waals surface area contributed by atoms with Gasteiger partial charge in [0.25, 0.3) is 0 Å². The number of hydrogen-bond acceptors (Lipinski definition) is 3. The van der Waals surface area contributed by atoms with Gasteiger partial charge in [-0.15, -0.1) is 0 Å². The van der Waals surface area contributed by atoms with Crippen molar-refractivity contribution < 1.29 is 14.6 Å². The molecule has 0 fully saturated rings. The van der Waals surface area contributed by atoms with E-state index in [-0.39, 0.29) is 0 Å². The molecule has 3 rings (SSSR count). The smallest absolute Gasteiger partial charge is 0.324 e. The molecule has 4 nitrogen and oxygen atoms in total. The van der Waals surface area contributed by atoms with Gasteiger partial charge in [-0.25, -0.2) is 0 Å². The first-order valence-corrected chi connectivity index (χ1v) is 8.28. The van der Waals surface area contributed by atoms with Crippen LogP contribution in [0.2, 0.25) is 0 Å². The number of nitriles is 1. The fourth-order valence-electron chi connectivity index (χ4n) is 3.43. The lowest BCUT2D eigenvalue weighted by molar-refractivity contribution is -0.145. The molecule has 3 aromatic rings. The molecular formula is C22H19NO3. The Balaban J connectivity index is 2.38. The van der Waals surface area contributed by atoms with E-state index in [0.29, 0.717) is 11.3 Å². The topological polar surface area (TPSA) is 70.3 Å². The van der Waals surface area contributed by atoms with E-state index in [9.17, 15) is 15.2 Å². The van der Waals surface area contributed by atoms with E-state index in [1.54, 1.807) is 13.2 Å². The number of benzene rings is 3. The third-order valence-corrected chi connectivity index (χ3v) is 4.84. The summed E-state index contributed by atoms with van der Waals surface area (Å²) in [5, 5.41) is 21.6. The Bertz CT molecular complexity index is 1000. The molecule has 4 heteroatoms. The van der Waals surface area contributed by atoms with Crippen molar-refractivity contribution in [3.8, 4) is 11.8 Å². The van der Waals surface area contributed by atoms with Crippen molar-refractivity contribution in [1.29, 1.82) is 5.26 Å². The number of methoxy groups -OCH3 is 1. The van der Waals surface area contributed by atoms with Gasteiger partial charge in [0.2, 0.25) is 0 Å². The van der Waals surface area contributed by atoms with Crippen LogP contribution < -0.4 is 4.74 Å². The van der Waals surface area contributed by atoms with Gasteiger partial charge in [0.05, 0.1) is 13.2 Å². The zero-order valence-corrected chi connectivity index (χ0v) is 14.6. The highest BCUT2D eigenvalue weighted by Gasteiger charge is 2.45. The van der Waals surface area contributed by atoms with Crippen LogP contribution in [0.3, 0.4) is 0 Å². The van der Waals surface area contributed by atoms with E-state index in [1.807, 2.05) is 66.7 Å². The number of hydrogen-bond donors (Lipinski definition) is 1.